The van der Waals surface area contributed by atoms with Crippen LogP contribution in [0.2, 0.25) is 0 Å². The second-order valence-corrected chi connectivity index (χ2v) is 5.97. The largest absolute Gasteiger partial charge is 0.307 e. The number of aromatic nitrogens is 3. The summed E-state index contributed by atoms with van der Waals surface area (Å²) >= 11 is 1.56. The van der Waals surface area contributed by atoms with E-state index in [2.05, 4.69) is 29.2 Å². The van der Waals surface area contributed by atoms with E-state index in [4.69, 9.17) is 0 Å². The van der Waals surface area contributed by atoms with Gasteiger partial charge in [-0.05, 0) is 18.9 Å². The first-order valence-corrected chi connectivity index (χ1v) is 7.35. The van der Waals surface area contributed by atoms with Gasteiger partial charge in [0, 0.05) is 24.1 Å². The average Bonchev–Trinajstić information content (AvgIpc) is 2.96. The Hall–Kier alpha value is -1.95. The molecule has 0 aliphatic carbocycles. The number of hydrogen-bond acceptors (Lipinski definition) is 4. The number of carbonyl (C=O) groups is 1. The van der Waals surface area contributed by atoms with E-state index in [0.717, 1.165) is 17.2 Å². The van der Waals surface area contributed by atoms with Crippen molar-refractivity contribution >= 4 is 29.1 Å². The van der Waals surface area contributed by atoms with Gasteiger partial charge in [-0.2, -0.15) is 5.10 Å². The smallest absolute Gasteiger partial charge is 0.249 e. The van der Waals surface area contributed by atoms with E-state index >= 15 is 0 Å². The molecule has 0 aliphatic heterocycles. The maximum atomic E-state index is 11.9. The molecule has 20 heavy (non-hydrogen) atoms. The molecule has 2 aromatic heterocycles. The molecule has 0 aliphatic rings. The Balaban J connectivity index is 1.98. The van der Waals surface area contributed by atoms with E-state index in [0.29, 0.717) is 11.7 Å². The normalized spacial score (nSPS) is 11.4. The van der Waals surface area contributed by atoms with Gasteiger partial charge in [-0.25, -0.2) is 9.67 Å². The lowest BCUT2D eigenvalue weighted by Crippen LogP contribution is -2.15. The molecule has 2 rings (SSSR count). The Labute approximate surface area is 122 Å². The van der Waals surface area contributed by atoms with Gasteiger partial charge in [0.25, 0.3) is 0 Å². The van der Waals surface area contributed by atoms with Crippen LogP contribution in [0.15, 0.2) is 23.7 Å². The standard InChI is InChI=1S/C14H18N4OS/c1-10(2)8-18-13(6-7-15-18)17-14(19)5-4-12-9-20-11(3)16-12/h4-7,9-10H,8H2,1-3H3,(H,17,19)/b5-4+. The molecule has 0 bridgehead atoms. The van der Waals surface area contributed by atoms with Gasteiger partial charge in [-0.1, -0.05) is 13.8 Å². The molecule has 2 aromatic rings. The lowest BCUT2D eigenvalue weighted by atomic mass is 10.2. The number of nitrogens with zero attached hydrogens (tertiary/aromatic N) is 3. The Morgan fingerprint density at radius 1 is 1.55 bits per heavy atom. The summed E-state index contributed by atoms with van der Waals surface area (Å²) in [6, 6.07) is 1.79. The zero-order valence-corrected chi connectivity index (χ0v) is 12.6. The Morgan fingerprint density at radius 2 is 2.35 bits per heavy atom. The van der Waals surface area contributed by atoms with Gasteiger partial charge in [0.05, 0.1) is 16.9 Å². The third-order valence-corrected chi connectivity index (χ3v) is 3.34. The number of amides is 1. The van der Waals surface area contributed by atoms with E-state index < -0.39 is 0 Å². The van der Waals surface area contributed by atoms with Gasteiger partial charge in [0.1, 0.15) is 5.82 Å². The molecule has 0 aromatic carbocycles. The third kappa shape index (κ3) is 4.03. The van der Waals surface area contributed by atoms with Crippen LogP contribution < -0.4 is 5.32 Å². The molecule has 0 saturated carbocycles. The van der Waals surface area contributed by atoms with Crippen LogP contribution in [-0.2, 0) is 11.3 Å². The predicted molar refractivity (Wildman–Crippen MR) is 81.6 cm³/mol. The number of aryl methyl sites for hydroxylation is 1. The zero-order chi connectivity index (χ0) is 14.5. The van der Waals surface area contributed by atoms with Crippen LogP contribution in [0, 0.1) is 12.8 Å². The van der Waals surface area contributed by atoms with Gasteiger partial charge in [-0.15, -0.1) is 11.3 Å². The number of nitrogens with one attached hydrogen (secondary N) is 1. The van der Waals surface area contributed by atoms with Gasteiger partial charge < -0.3 is 5.32 Å². The highest BCUT2D eigenvalue weighted by Crippen LogP contribution is 2.11. The summed E-state index contributed by atoms with van der Waals surface area (Å²) in [5, 5.41) is 9.93. The van der Waals surface area contributed by atoms with Crippen molar-refractivity contribution in [1.29, 1.82) is 0 Å². The van der Waals surface area contributed by atoms with Gasteiger partial charge in [0.15, 0.2) is 0 Å². The summed E-state index contributed by atoms with van der Waals surface area (Å²) in [7, 11) is 0. The Kier molecular flexibility index (Phi) is 4.68. The van der Waals surface area contributed by atoms with Crippen molar-refractivity contribution in [2.75, 3.05) is 5.32 Å². The first-order valence-electron chi connectivity index (χ1n) is 6.47. The third-order valence-electron chi connectivity index (χ3n) is 2.55. The molecule has 106 valence electrons. The number of hydrogen-bond donors (Lipinski definition) is 1. The second-order valence-electron chi connectivity index (χ2n) is 4.91. The summed E-state index contributed by atoms with van der Waals surface area (Å²) in [5.74, 6) is 1.00. The first kappa shape index (κ1) is 14.5. The van der Waals surface area contributed by atoms with Crippen LogP contribution in [0.4, 0.5) is 5.82 Å². The quantitative estimate of drug-likeness (QED) is 0.861. The van der Waals surface area contributed by atoms with Crippen molar-refractivity contribution in [3.8, 4) is 0 Å². The molecule has 2 heterocycles. The maximum Gasteiger partial charge on any atom is 0.249 e. The number of carbonyl (C=O) groups excluding carboxylic acids is 1. The number of thiazole rings is 1. The van der Waals surface area contributed by atoms with E-state index in [9.17, 15) is 4.79 Å². The van der Waals surface area contributed by atoms with Crippen molar-refractivity contribution in [2.24, 2.45) is 5.92 Å². The maximum absolute atomic E-state index is 11.9. The zero-order valence-electron chi connectivity index (χ0n) is 11.8. The van der Waals surface area contributed by atoms with E-state index in [1.54, 1.807) is 34.4 Å². The number of anilines is 1. The highest BCUT2D eigenvalue weighted by Gasteiger charge is 2.06. The highest BCUT2D eigenvalue weighted by atomic mass is 32.1. The lowest BCUT2D eigenvalue weighted by molar-refractivity contribution is -0.111. The summed E-state index contributed by atoms with van der Waals surface area (Å²) in [6.07, 6.45) is 4.88. The molecule has 0 fully saturated rings. The monoisotopic (exact) mass is 290 g/mol. The van der Waals surface area contributed by atoms with E-state index in [-0.39, 0.29) is 5.91 Å². The van der Waals surface area contributed by atoms with Crippen LogP contribution >= 0.6 is 11.3 Å². The Bertz CT molecular complexity index is 612. The molecule has 0 radical (unpaired) electrons. The van der Waals surface area contributed by atoms with Crippen LogP contribution in [-0.4, -0.2) is 20.7 Å². The van der Waals surface area contributed by atoms with E-state index in [1.807, 2.05) is 12.3 Å². The summed E-state index contributed by atoms with van der Waals surface area (Å²) in [4.78, 5) is 16.1. The van der Waals surface area contributed by atoms with Crippen LogP contribution in [0.5, 0.6) is 0 Å². The van der Waals surface area contributed by atoms with Crippen LogP contribution in [0.25, 0.3) is 6.08 Å². The van der Waals surface area contributed by atoms with Crippen LogP contribution in [0.3, 0.4) is 0 Å². The van der Waals surface area contributed by atoms with Crippen molar-refractivity contribution in [1.82, 2.24) is 14.8 Å². The van der Waals surface area contributed by atoms with E-state index in [1.165, 1.54) is 6.08 Å². The van der Waals surface area contributed by atoms with Crippen molar-refractivity contribution in [3.05, 3.63) is 34.4 Å². The fourth-order valence-electron chi connectivity index (χ4n) is 1.72. The van der Waals surface area contributed by atoms with Crippen molar-refractivity contribution in [3.63, 3.8) is 0 Å². The summed E-state index contributed by atoms with van der Waals surface area (Å²) in [6.45, 7) is 6.93. The van der Waals surface area contributed by atoms with Crippen molar-refractivity contribution < 1.29 is 4.79 Å². The fourth-order valence-corrected chi connectivity index (χ4v) is 2.30. The molecule has 0 spiro atoms. The van der Waals surface area contributed by atoms with Crippen molar-refractivity contribution in [2.45, 2.75) is 27.3 Å². The predicted octanol–water partition coefficient (Wildman–Crippen LogP) is 2.96. The molecule has 0 unspecified atom stereocenters. The topological polar surface area (TPSA) is 59.8 Å². The molecule has 0 atom stereocenters. The molecule has 1 amide bonds. The average molecular weight is 290 g/mol. The molecule has 1 N–H and O–H groups in total. The molecular weight excluding hydrogens is 272 g/mol. The van der Waals surface area contributed by atoms with Crippen LogP contribution in [0.1, 0.15) is 24.5 Å². The summed E-state index contributed by atoms with van der Waals surface area (Å²) < 4.78 is 1.80. The highest BCUT2D eigenvalue weighted by molar-refractivity contribution is 7.09. The SMILES string of the molecule is Cc1nc(/C=C/C(=O)Nc2ccnn2CC(C)C)cs1. The lowest BCUT2D eigenvalue weighted by Gasteiger charge is -2.09. The molecular formula is C14H18N4OS. The first-order chi connectivity index (χ1) is 9.54. The minimum Gasteiger partial charge on any atom is -0.307 e. The minimum absolute atomic E-state index is 0.179. The van der Waals surface area contributed by atoms with Gasteiger partial charge in [-0.3, -0.25) is 4.79 Å². The molecule has 6 heteroatoms. The Morgan fingerprint density at radius 3 is 3.00 bits per heavy atom. The molecule has 5 nitrogen and oxygen atoms in total. The minimum atomic E-state index is -0.179. The summed E-state index contributed by atoms with van der Waals surface area (Å²) in [5.41, 5.74) is 0.804. The van der Waals surface area contributed by atoms with Gasteiger partial charge >= 0.3 is 0 Å². The second kappa shape index (κ2) is 6.47. The molecule has 0 saturated heterocycles. The van der Waals surface area contributed by atoms with Gasteiger partial charge in [0.2, 0.25) is 5.91 Å². The fraction of sp³-hybridized carbons (Fsp3) is 0.357. The number of rotatable bonds is 5.